The zero-order chi connectivity index (χ0) is 18.9. The second kappa shape index (κ2) is 7.64. The van der Waals surface area contributed by atoms with E-state index >= 15 is 0 Å². The standard InChI is InChI=1S/C21H32N4O2/c1-2-13-25-18(9-12-22-25)20(27)23-14-5-10-21(15-23)11-8-19(26)24(16-21)17-6-3-4-7-17/h9,12,17H,2-8,10-11,13-16H2,1H3/t21-/m1/s1. The van der Waals surface area contributed by atoms with Gasteiger partial charge in [0.05, 0.1) is 0 Å². The maximum absolute atomic E-state index is 13.2. The molecule has 148 valence electrons. The van der Waals surface area contributed by atoms with Gasteiger partial charge in [-0.1, -0.05) is 19.8 Å². The largest absolute Gasteiger partial charge is 0.339 e. The van der Waals surface area contributed by atoms with Gasteiger partial charge in [0.2, 0.25) is 5.91 Å². The molecule has 1 aliphatic carbocycles. The van der Waals surface area contributed by atoms with E-state index in [2.05, 4.69) is 16.9 Å². The Hall–Kier alpha value is -1.85. The monoisotopic (exact) mass is 372 g/mol. The molecule has 3 aliphatic rings. The molecule has 3 fully saturated rings. The summed E-state index contributed by atoms with van der Waals surface area (Å²) >= 11 is 0. The Morgan fingerprint density at radius 2 is 2.04 bits per heavy atom. The average molecular weight is 373 g/mol. The van der Waals surface area contributed by atoms with Crippen LogP contribution in [0.1, 0.15) is 75.2 Å². The second-order valence-electron chi connectivity index (χ2n) is 8.73. The predicted molar refractivity (Wildman–Crippen MR) is 103 cm³/mol. The summed E-state index contributed by atoms with van der Waals surface area (Å²) in [6.07, 6.45) is 11.2. The van der Waals surface area contributed by atoms with Gasteiger partial charge in [0, 0.05) is 50.3 Å². The van der Waals surface area contributed by atoms with Crippen LogP contribution in [0.15, 0.2) is 12.3 Å². The van der Waals surface area contributed by atoms with E-state index < -0.39 is 0 Å². The molecule has 1 aromatic heterocycles. The van der Waals surface area contributed by atoms with Crippen molar-refractivity contribution in [2.24, 2.45) is 5.41 Å². The van der Waals surface area contributed by atoms with Gasteiger partial charge in [-0.2, -0.15) is 5.10 Å². The van der Waals surface area contributed by atoms with Gasteiger partial charge in [-0.15, -0.1) is 0 Å². The summed E-state index contributed by atoms with van der Waals surface area (Å²) in [6, 6.07) is 2.28. The fourth-order valence-corrected chi connectivity index (χ4v) is 5.37. The highest BCUT2D eigenvalue weighted by molar-refractivity contribution is 5.92. The van der Waals surface area contributed by atoms with Crippen molar-refractivity contribution in [1.82, 2.24) is 19.6 Å². The van der Waals surface area contributed by atoms with Crippen LogP contribution in [0.25, 0.3) is 0 Å². The Kier molecular flexibility index (Phi) is 5.24. The summed E-state index contributed by atoms with van der Waals surface area (Å²) in [5, 5.41) is 4.32. The van der Waals surface area contributed by atoms with E-state index in [1.165, 1.54) is 12.8 Å². The first-order chi connectivity index (χ1) is 13.1. The first kappa shape index (κ1) is 18.5. The zero-order valence-corrected chi connectivity index (χ0v) is 16.5. The van der Waals surface area contributed by atoms with Crippen LogP contribution < -0.4 is 0 Å². The van der Waals surface area contributed by atoms with Crippen molar-refractivity contribution in [1.29, 1.82) is 0 Å². The molecular weight excluding hydrogens is 340 g/mol. The lowest BCUT2D eigenvalue weighted by Crippen LogP contribution is -2.57. The Morgan fingerprint density at radius 3 is 2.81 bits per heavy atom. The van der Waals surface area contributed by atoms with Gasteiger partial charge >= 0.3 is 0 Å². The van der Waals surface area contributed by atoms with Gasteiger partial charge in [-0.3, -0.25) is 14.3 Å². The number of amides is 2. The van der Waals surface area contributed by atoms with E-state index in [1.807, 2.05) is 15.6 Å². The Balaban J connectivity index is 1.49. The molecule has 0 radical (unpaired) electrons. The van der Waals surface area contributed by atoms with Crippen LogP contribution in [0, 0.1) is 5.41 Å². The fraction of sp³-hybridized carbons (Fsp3) is 0.762. The lowest BCUT2D eigenvalue weighted by atomic mass is 9.73. The molecule has 0 bridgehead atoms. The molecule has 1 saturated carbocycles. The summed E-state index contributed by atoms with van der Waals surface area (Å²) < 4.78 is 1.83. The molecule has 3 heterocycles. The van der Waals surface area contributed by atoms with Gasteiger partial charge in [0.1, 0.15) is 5.69 Å². The molecule has 0 N–H and O–H groups in total. The third kappa shape index (κ3) is 3.63. The quantitative estimate of drug-likeness (QED) is 0.816. The summed E-state index contributed by atoms with van der Waals surface area (Å²) in [7, 11) is 0. The Morgan fingerprint density at radius 1 is 1.22 bits per heavy atom. The van der Waals surface area contributed by atoms with E-state index in [0.29, 0.717) is 24.1 Å². The number of hydrogen-bond acceptors (Lipinski definition) is 3. The second-order valence-corrected chi connectivity index (χ2v) is 8.73. The minimum atomic E-state index is 0.0834. The lowest BCUT2D eigenvalue weighted by Gasteiger charge is -2.49. The third-order valence-electron chi connectivity index (χ3n) is 6.78. The van der Waals surface area contributed by atoms with E-state index in [0.717, 1.165) is 64.7 Å². The van der Waals surface area contributed by atoms with E-state index in [1.54, 1.807) is 6.20 Å². The third-order valence-corrected chi connectivity index (χ3v) is 6.78. The minimum Gasteiger partial charge on any atom is -0.339 e. The smallest absolute Gasteiger partial charge is 0.272 e. The van der Waals surface area contributed by atoms with Gasteiger partial charge in [0.25, 0.3) is 5.91 Å². The molecule has 6 heteroatoms. The molecular formula is C21H32N4O2. The van der Waals surface area contributed by atoms with Gasteiger partial charge in [0.15, 0.2) is 0 Å². The number of nitrogens with zero attached hydrogens (tertiary/aromatic N) is 4. The summed E-state index contributed by atoms with van der Waals surface area (Å²) in [5.41, 5.74) is 0.786. The highest BCUT2D eigenvalue weighted by Gasteiger charge is 2.45. The molecule has 0 aromatic carbocycles. The van der Waals surface area contributed by atoms with Gasteiger partial charge in [-0.25, -0.2) is 0 Å². The number of carbonyl (C=O) groups is 2. The van der Waals surface area contributed by atoms with Crippen molar-refractivity contribution < 1.29 is 9.59 Å². The fourth-order valence-electron chi connectivity index (χ4n) is 5.37. The van der Waals surface area contributed by atoms with E-state index in [4.69, 9.17) is 0 Å². The van der Waals surface area contributed by atoms with Crippen molar-refractivity contribution >= 4 is 11.8 Å². The Labute approximate surface area is 161 Å². The van der Waals surface area contributed by atoms with Crippen molar-refractivity contribution in [2.75, 3.05) is 19.6 Å². The number of hydrogen-bond donors (Lipinski definition) is 0. The molecule has 27 heavy (non-hydrogen) atoms. The molecule has 2 saturated heterocycles. The zero-order valence-electron chi connectivity index (χ0n) is 16.5. The number of rotatable bonds is 4. The molecule has 1 spiro atoms. The lowest BCUT2D eigenvalue weighted by molar-refractivity contribution is -0.142. The number of aromatic nitrogens is 2. The highest BCUT2D eigenvalue weighted by atomic mass is 16.2. The van der Waals surface area contributed by atoms with Crippen LogP contribution in [0.2, 0.25) is 0 Å². The van der Waals surface area contributed by atoms with Crippen LogP contribution in [-0.4, -0.2) is 57.1 Å². The number of piperidine rings is 2. The average Bonchev–Trinajstić information content (AvgIpc) is 3.36. The maximum atomic E-state index is 13.2. The number of carbonyl (C=O) groups excluding carboxylic acids is 2. The number of aryl methyl sites for hydroxylation is 1. The predicted octanol–water partition coefficient (Wildman–Crippen LogP) is 3.08. The van der Waals surface area contributed by atoms with Crippen LogP contribution in [0.4, 0.5) is 0 Å². The maximum Gasteiger partial charge on any atom is 0.272 e. The highest BCUT2D eigenvalue weighted by Crippen LogP contribution is 2.41. The SMILES string of the molecule is CCCn1nccc1C(=O)N1CCC[C@@]2(CCC(=O)N(C3CCCC3)C2)C1. The molecule has 6 nitrogen and oxygen atoms in total. The van der Waals surface area contributed by atoms with Gasteiger partial charge < -0.3 is 9.80 Å². The first-order valence-electron chi connectivity index (χ1n) is 10.7. The van der Waals surface area contributed by atoms with Crippen LogP contribution >= 0.6 is 0 Å². The molecule has 1 atom stereocenters. The summed E-state index contributed by atoms with van der Waals surface area (Å²) in [5.74, 6) is 0.432. The first-order valence-corrected chi connectivity index (χ1v) is 10.7. The normalized spacial score (nSPS) is 26.9. The summed E-state index contributed by atoms with van der Waals surface area (Å²) in [4.78, 5) is 29.9. The topological polar surface area (TPSA) is 58.4 Å². The van der Waals surface area contributed by atoms with E-state index in [-0.39, 0.29) is 11.3 Å². The van der Waals surface area contributed by atoms with E-state index in [9.17, 15) is 9.59 Å². The summed E-state index contributed by atoms with van der Waals surface area (Å²) in [6.45, 7) is 5.31. The Bertz CT molecular complexity index is 694. The molecule has 4 rings (SSSR count). The van der Waals surface area contributed by atoms with Crippen LogP contribution in [-0.2, 0) is 11.3 Å². The van der Waals surface area contributed by atoms with Crippen molar-refractivity contribution in [3.05, 3.63) is 18.0 Å². The molecule has 2 amide bonds. The minimum absolute atomic E-state index is 0.0834. The van der Waals surface area contributed by atoms with Gasteiger partial charge in [-0.05, 0) is 44.6 Å². The molecule has 1 aromatic rings. The van der Waals surface area contributed by atoms with Crippen LogP contribution in [0.5, 0.6) is 0 Å². The molecule has 2 aliphatic heterocycles. The van der Waals surface area contributed by atoms with Crippen molar-refractivity contribution in [3.8, 4) is 0 Å². The van der Waals surface area contributed by atoms with Crippen molar-refractivity contribution in [3.63, 3.8) is 0 Å². The number of likely N-dealkylation sites (tertiary alicyclic amines) is 2. The molecule has 0 unspecified atom stereocenters. The van der Waals surface area contributed by atoms with Crippen molar-refractivity contribution in [2.45, 2.75) is 77.3 Å². The van der Waals surface area contributed by atoms with Crippen LogP contribution in [0.3, 0.4) is 0 Å².